The van der Waals surface area contributed by atoms with E-state index >= 15 is 0 Å². The highest BCUT2D eigenvalue weighted by molar-refractivity contribution is 9.10. The summed E-state index contributed by atoms with van der Waals surface area (Å²) in [6.45, 7) is -0.198. The van der Waals surface area contributed by atoms with Crippen LogP contribution in [0.1, 0.15) is 15.9 Å². The maximum atomic E-state index is 12.6. The second-order valence-corrected chi connectivity index (χ2v) is 11.5. The van der Waals surface area contributed by atoms with E-state index in [0.717, 1.165) is 22.1 Å². The summed E-state index contributed by atoms with van der Waals surface area (Å²) in [5.74, 6) is -0.220. The number of benzene rings is 4. The van der Waals surface area contributed by atoms with E-state index in [1.54, 1.807) is 54.6 Å². The van der Waals surface area contributed by atoms with E-state index < -0.39 is 0 Å². The van der Waals surface area contributed by atoms with Crippen LogP contribution in [0.3, 0.4) is 0 Å². The van der Waals surface area contributed by atoms with Crippen molar-refractivity contribution < 1.29 is 14.3 Å². The van der Waals surface area contributed by atoms with Crippen LogP contribution in [0.4, 0.5) is 16.5 Å². The Morgan fingerprint density at radius 3 is 2.49 bits per heavy atom. The molecule has 0 fully saturated rings. The Kier molecular flexibility index (Phi) is 10.1. The lowest BCUT2D eigenvalue weighted by Gasteiger charge is -2.10. The summed E-state index contributed by atoms with van der Waals surface area (Å²) >= 11 is 16.9. The quantitative estimate of drug-likeness (QED) is 0.101. The van der Waals surface area contributed by atoms with Crippen LogP contribution in [0, 0.1) is 0 Å². The minimum absolute atomic E-state index is 0.198. The van der Waals surface area contributed by atoms with Crippen LogP contribution < -0.4 is 20.8 Å². The predicted molar refractivity (Wildman–Crippen MR) is 177 cm³/mol. The van der Waals surface area contributed by atoms with Crippen molar-refractivity contribution >= 4 is 85.0 Å². The third-order valence-electron chi connectivity index (χ3n) is 5.88. The van der Waals surface area contributed by atoms with Crippen molar-refractivity contribution in [2.45, 2.75) is 0 Å². The summed E-state index contributed by atoms with van der Waals surface area (Å²) in [7, 11) is 0. The van der Waals surface area contributed by atoms with E-state index in [9.17, 15) is 9.59 Å². The minimum atomic E-state index is -0.352. The maximum absolute atomic E-state index is 12.6. The molecule has 0 aliphatic rings. The van der Waals surface area contributed by atoms with Gasteiger partial charge in [-0.2, -0.15) is 5.10 Å². The molecule has 0 saturated heterocycles. The van der Waals surface area contributed by atoms with Crippen molar-refractivity contribution in [3.05, 3.63) is 122 Å². The molecule has 0 radical (unpaired) electrons. The van der Waals surface area contributed by atoms with E-state index in [-0.39, 0.29) is 18.4 Å². The lowest BCUT2D eigenvalue weighted by Crippen LogP contribution is -2.20. The Hall–Kier alpha value is -4.22. The molecule has 0 spiro atoms. The average molecular weight is 695 g/mol. The van der Waals surface area contributed by atoms with Crippen molar-refractivity contribution in [1.82, 2.24) is 10.4 Å². The van der Waals surface area contributed by atoms with Gasteiger partial charge in [-0.3, -0.25) is 9.59 Å². The number of carbonyl (C=O) groups is 2. The number of nitrogens with zero attached hydrogens (tertiary/aromatic N) is 2. The van der Waals surface area contributed by atoms with E-state index in [2.05, 4.69) is 42.1 Å². The number of anilines is 3. The zero-order chi connectivity index (χ0) is 30.2. The predicted octanol–water partition coefficient (Wildman–Crippen LogP) is 8.40. The van der Waals surface area contributed by atoms with Crippen LogP contribution >= 0.6 is 50.5 Å². The van der Waals surface area contributed by atoms with E-state index in [1.807, 2.05) is 41.8 Å². The van der Waals surface area contributed by atoms with Crippen LogP contribution in [-0.2, 0) is 4.79 Å². The number of thiazole rings is 1. The summed E-state index contributed by atoms with van der Waals surface area (Å²) < 4.78 is 6.23. The lowest BCUT2D eigenvalue weighted by molar-refractivity contribution is -0.118. The first-order valence-corrected chi connectivity index (χ1v) is 15.2. The number of halogens is 3. The van der Waals surface area contributed by atoms with Crippen LogP contribution in [0.25, 0.3) is 11.3 Å². The van der Waals surface area contributed by atoms with E-state index in [4.69, 9.17) is 27.9 Å². The highest BCUT2D eigenvalue weighted by Gasteiger charge is 2.10. The molecular formula is C31H22BrCl2N5O3S. The monoisotopic (exact) mass is 693 g/mol. The van der Waals surface area contributed by atoms with Crippen molar-refractivity contribution in [3.8, 4) is 17.0 Å². The Bertz CT molecular complexity index is 1780. The molecule has 5 rings (SSSR count). The third kappa shape index (κ3) is 8.42. The van der Waals surface area contributed by atoms with Crippen LogP contribution in [-0.4, -0.2) is 29.6 Å². The molecule has 1 aromatic heterocycles. The molecule has 43 heavy (non-hydrogen) atoms. The zero-order valence-corrected chi connectivity index (χ0v) is 26.1. The minimum Gasteiger partial charge on any atom is -0.483 e. The molecule has 216 valence electrons. The van der Waals surface area contributed by atoms with Gasteiger partial charge in [0.05, 0.1) is 27.1 Å². The van der Waals surface area contributed by atoms with E-state index in [0.29, 0.717) is 37.1 Å². The third-order valence-corrected chi connectivity index (χ3v) is 7.84. The number of ether oxygens (including phenoxy) is 1. The summed E-state index contributed by atoms with van der Waals surface area (Å²) in [5.41, 5.74) is 6.78. The van der Waals surface area contributed by atoms with Gasteiger partial charge in [-0.1, -0.05) is 47.5 Å². The molecule has 3 N–H and O–H groups in total. The summed E-state index contributed by atoms with van der Waals surface area (Å²) in [4.78, 5) is 29.4. The number of amides is 2. The normalized spacial score (nSPS) is 10.9. The number of carbonyl (C=O) groups excluding carboxylic acids is 2. The second kappa shape index (κ2) is 14.3. The average Bonchev–Trinajstić information content (AvgIpc) is 3.47. The summed E-state index contributed by atoms with van der Waals surface area (Å²) in [6, 6.07) is 26.7. The van der Waals surface area contributed by atoms with Crippen LogP contribution in [0.2, 0.25) is 10.0 Å². The van der Waals surface area contributed by atoms with E-state index in [1.165, 1.54) is 17.6 Å². The molecule has 12 heteroatoms. The number of para-hydroxylation sites is 1. The van der Waals surface area contributed by atoms with Gasteiger partial charge in [-0.15, -0.1) is 11.3 Å². The topological polar surface area (TPSA) is 105 Å². The second-order valence-electron chi connectivity index (χ2n) is 8.95. The highest BCUT2D eigenvalue weighted by Crippen LogP contribution is 2.28. The van der Waals surface area contributed by atoms with Gasteiger partial charge in [0.25, 0.3) is 11.8 Å². The summed E-state index contributed by atoms with van der Waals surface area (Å²) in [6.07, 6.45) is 1.51. The highest BCUT2D eigenvalue weighted by atomic mass is 79.9. The molecule has 2 amide bonds. The molecule has 8 nitrogen and oxygen atoms in total. The largest absolute Gasteiger partial charge is 0.483 e. The molecule has 0 atom stereocenters. The fraction of sp³-hybridized carbons (Fsp3) is 0.0323. The fourth-order valence-electron chi connectivity index (χ4n) is 3.75. The number of rotatable bonds is 10. The molecule has 5 aromatic rings. The Labute approximate surface area is 269 Å². The number of nitrogens with one attached hydrogen (secondary N) is 3. The Morgan fingerprint density at radius 2 is 1.74 bits per heavy atom. The van der Waals surface area contributed by atoms with Crippen molar-refractivity contribution in [1.29, 1.82) is 0 Å². The van der Waals surface area contributed by atoms with Crippen LogP contribution in [0.15, 0.2) is 106 Å². The molecule has 0 unspecified atom stereocenters. The van der Waals surface area contributed by atoms with Crippen LogP contribution in [0.5, 0.6) is 5.75 Å². The maximum Gasteiger partial charge on any atom is 0.271 e. The molecule has 0 aliphatic heterocycles. The van der Waals surface area contributed by atoms with Crippen molar-refractivity contribution in [2.24, 2.45) is 5.10 Å². The van der Waals surface area contributed by atoms with Gasteiger partial charge in [0.15, 0.2) is 11.7 Å². The van der Waals surface area contributed by atoms with Gasteiger partial charge in [-0.05, 0) is 88.2 Å². The smallest absolute Gasteiger partial charge is 0.271 e. The van der Waals surface area contributed by atoms with Crippen molar-refractivity contribution in [3.63, 3.8) is 0 Å². The molecule has 0 aliphatic carbocycles. The first-order valence-electron chi connectivity index (χ1n) is 12.7. The SMILES string of the molecule is O=C(COc1ccc(/C=N\NC(=O)c2ccc(-c3csc(Nc4ccc(Cl)cc4)n3)cc2)cc1Br)Nc1ccccc1Cl. The molecule has 4 aromatic carbocycles. The molecule has 0 bridgehead atoms. The van der Waals surface area contributed by atoms with Gasteiger partial charge < -0.3 is 15.4 Å². The van der Waals surface area contributed by atoms with Gasteiger partial charge in [-0.25, -0.2) is 10.4 Å². The Balaban J connectivity index is 1.11. The number of hydrogen-bond donors (Lipinski definition) is 3. The fourth-order valence-corrected chi connectivity index (χ4v) is 5.31. The van der Waals surface area contributed by atoms with Gasteiger partial charge in [0.2, 0.25) is 0 Å². The first-order chi connectivity index (χ1) is 20.8. The standard InChI is InChI=1S/C31H22BrCl2N5O3S/c32-24-15-19(5-14-28(24)42-17-29(40)37-26-4-2-1-3-25(26)34)16-35-39-30(41)21-8-6-20(7-9-21)27-18-43-31(38-27)36-23-12-10-22(33)11-13-23/h1-16,18H,17H2,(H,36,38)(H,37,40)(H,39,41)/b35-16-. The van der Waals surface area contributed by atoms with Gasteiger partial charge in [0, 0.05) is 27.2 Å². The first kappa shape index (κ1) is 30.2. The number of hydrogen-bond acceptors (Lipinski definition) is 7. The van der Waals surface area contributed by atoms with Crippen molar-refractivity contribution in [2.75, 3.05) is 17.2 Å². The molecular weight excluding hydrogens is 673 g/mol. The zero-order valence-electron chi connectivity index (χ0n) is 22.2. The lowest BCUT2D eigenvalue weighted by atomic mass is 10.1. The van der Waals surface area contributed by atoms with Gasteiger partial charge >= 0.3 is 0 Å². The number of aromatic nitrogens is 1. The molecule has 0 saturated carbocycles. The Morgan fingerprint density at radius 1 is 0.977 bits per heavy atom. The summed E-state index contributed by atoms with van der Waals surface area (Å²) in [5, 5.41) is 13.8. The molecule has 1 heterocycles. The number of hydrazone groups is 1. The van der Waals surface area contributed by atoms with Gasteiger partial charge in [0.1, 0.15) is 5.75 Å².